The number of hydrogen-bond acceptors (Lipinski definition) is 5. The average Bonchev–Trinajstić information content (AvgIpc) is 2.66. The fraction of sp³-hybridized carbons (Fsp3) is 0.263. The standard InChI is InChI=1S/C19H21NO4S/c1-13(14-7-5-4-6-8-14)20-18(21)12-24-19(22)16-10-9-15(25-3)11-17(16)23-2/h4-11,13H,12H2,1-3H3,(H,20,21). The van der Waals surface area contributed by atoms with Gasteiger partial charge in [-0.05, 0) is 36.9 Å². The van der Waals surface area contributed by atoms with E-state index in [9.17, 15) is 9.59 Å². The summed E-state index contributed by atoms with van der Waals surface area (Å²) in [5, 5.41) is 2.80. The Morgan fingerprint density at radius 2 is 1.88 bits per heavy atom. The van der Waals surface area contributed by atoms with Crippen LogP contribution in [0.25, 0.3) is 0 Å². The van der Waals surface area contributed by atoms with Gasteiger partial charge in [0.2, 0.25) is 0 Å². The predicted octanol–water partition coefficient (Wildman–Crippen LogP) is 3.45. The molecule has 1 atom stereocenters. The maximum Gasteiger partial charge on any atom is 0.342 e. The molecule has 132 valence electrons. The van der Waals surface area contributed by atoms with Crippen molar-refractivity contribution in [3.8, 4) is 5.75 Å². The summed E-state index contributed by atoms with van der Waals surface area (Å²) in [5.41, 5.74) is 1.28. The average molecular weight is 359 g/mol. The molecule has 2 aromatic carbocycles. The Morgan fingerprint density at radius 3 is 2.52 bits per heavy atom. The molecule has 0 aromatic heterocycles. The Kier molecular flexibility index (Phi) is 6.89. The van der Waals surface area contributed by atoms with Crippen LogP contribution in [0.3, 0.4) is 0 Å². The number of hydrogen-bond donors (Lipinski definition) is 1. The van der Waals surface area contributed by atoms with Crippen LogP contribution >= 0.6 is 11.8 Å². The van der Waals surface area contributed by atoms with Crippen molar-refractivity contribution in [2.45, 2.75) is 17.9 Å². The second kappa shape index (κ2) is 9.13. The maximum absolute atomic E-state index is 12.2. The molecule has 0 saturated heterocycles. The Bertz CT molecular complexity index is 733. The van der Waals surface area contributed by atoms with E-state index in [1.54, 1.807) is 30.0 Å². The molecule has 0 fully saturated rings. The summed E-state index contributed by atoms with van der Waals surface area (Å²) in [6.07, 6.45) is 1.94. The topological polar surface area (TPSA) is 64.6 Å². The summed E-state index contributed by atoms with van der Waals surface area (Å²) in [5.74, 6) is -0.522. The van der Waals surface area contributed by atoms with Crippen LogP contribution in [0.4, 0.5) is 0 Å². The highest BCUT2D eigenvalue weighted by atomic mass is 32.2. The number of amides is 1. The molecule has 0 aliphatic rings. The van der Waals surface area contributed by atoms with Gasteiger partial charge in [-0.25, -0.2) is 4.79 Å². The zero-order valence-electron chi connectivity index (χ0n) is 14.4. The van der Waals surface area contributed by atoms with Crippen LogP contribution in [0.2, 0.25) is 0 Å². The minimum absolute atomic E-state index is 0.164. The number of carbonyl (C=O) groups is 2. The molecule has 1 amide bonds. The van der Waals surface area contributed by atoms with Crippen molar-refractivity contribution in [3.63, 3.8) is 0 Å². The lowest BCUT2D eigenvalue weighted by atomic mass is 10.1. The first-order chi connectivity index (χ1) is 12.0. The van der Waals surface area contributed by atoms with Gasteiger partial charge < -0.3 is 14.8 Å². The smallest absolute Gasteiger partial charge is 0.342 e. The minimum atomic E-state index is -0.591. The SMILES string of the molecule is COc1cc(SC)ccc1C(=O)OCC(=O)NC(C)c1ccccc1. The molecule has 0 saturated carbocycles. The quantitative estimate of drug-likeness (QED) is 0.606. The monoisotopic (exact) mass is 359 g/mol. The van der Waals surface area contributed by atoms with Gasteiger partial charge in [-0.15, -0.1) is 11.8 Å². The molecule has 25 heavy (non-hydrogen) atoms. The fourth-order valence-corrected chi connectivity index (χ4v) is 2.71. The highest BCUT2D eigenvalue weighted by molar-refractivity contribution is 7.98. The minimum Gasteiger partial charge on any atom is -0.496 e. The number of benzene rings is 2. The van der Waals surface area contributed by atoms with Gasteiger partial charge in [-0.2, -0.15) is 0 Å². The molecular weight excluding hydrogens is 338 g/mol. The van der Waals surface area contributed by atoms with Crippen LogP contribution in [0.15, 0.2) is 53.4 Å². The Morgan fingerprint density at radius 1 is 1.16 bits per heavy atom. The van der Waals surface area contributed by atoms with E-state index in [0.717, 1.165) is 10.5 Å². The number of ether oxygens (including phenoxy) is 2. The Labute approximate surface area is 151 Å². The van der Waals surface area contributed by atoms with Crippen LogP contribution in [0, 0.1) is 0 Å². The van der Waals surface area contributed by atoms with Gasteiger partial charge in [0, 0.05) is 4.90 Å². The zero-order valence-corrected chi connectivity index (χ0v) is 15.3. The number of esters is 1. The third-order valence-electron chi connectivity index (χ3n) is 3.64. The first kappa shape index (κ1) is 18.9. The van der Waals surface area contributed by atoms with E-state index in [1.807, 2.05) is 43.5 Å². The van der Waals surface area contributed by atoms with E-state index in [-0.39, 0.29) is 18.6 Å². The van der Waals surface area contributed by atoms with Gasteiger partial charge >= 0.3 is 5.97 Å². The maximum atomic E-state index is 12.2. The highest BCUT2D eigenvalue weighted by Gasteiger charge is 2.17. The lowest BCUT2D eigenvalue weighted by Gasteiger charge is -2.14. The second-order valence-corrected chi connectivity index (χ2v) is 6.22. The molecule has 0 bridgehead atoms. The summed E-state index contributed by atoms with van der Waals surface area (Å²) in [6, 6.07) is 14.6. The molecule has 0 aliphatic carbocycles. The zero-order chi connectivity index (χ0) is 18.2. The number of rotatable bonds is 7. The number of carbonyl (C=O) groups excluding carboxylic acids is 2. The Balaban J connectivity index is 1.92. The largest absolute Gasteiger partial charge is 0.496 e. The van der Waals surface area contributed by atoms with Crippen molar-refractivity contribution in [1.29, 1.82) is 0 Å². The molecular formula is C19H21NO4S. The third kappa shape index (κ3) is 5.26. The van der Waals surface area contributed by atoms with Crippen LogP contribution in [0.5, 0.6) is 5.75 Å². The highest BCUT2D eigenvalue weighted by Crippen LogP contribution is 2.25. The van der Waals surface area contributed by atoms with E-state index >= 15 is 0 Å². The molecule has 2 rings (SSSR count). The normalized spacial score (nSPS) is 11.5. The number of methoxy groups -OCH3 is 1. The van der Waals surface area contributed by atoms with Crippen LogP contribution in [-0.2, 0) is 9.53 Å². The molecule has 1 N–H and O–H groups in total. The van der Waals surface area contributed by atoms with E-state index in [4.69, 9.17) is 9.47 Å². The molecule has 0 radical (unpaired) electrons. The molecule has 2 aromatic rings. The van der Waals surface area contributed by atoms with Gasteiger partial charge in [-0.1, -0.05) is 30.3 Å². The van der Waals surface area contributed by atoms with Crippen molar-refractivity contribution in [2.75, 3.05) is 20.0 Å². The van der Waals surface area contributed by atoms with Gasteiger partial charge in [-0.3, -0.25) is 4.79 Å². The molecule has 0 spiro atoms. The van der Waals surface area contributed by atoms with Crippen LogP contribution in [-0.4, -0.2) is 31.8 Å². The molecule has 5 nitrogen and oxygen atoms in total. The summed E-state index contributed by atoms with van der Waals surface area (Å²) in [6.45, 7) is 1.53. The van der Waals surface area contributed by atoms with Gasteiger partial charge in [0.1, 0.15) is 11.3 Å². The predicted molar refractivity (Wildman–Crippen MR) is 98.1 cm³/mol. The molecule has 0 aliphatic heterocycles. The van der Waals surface area contributed by atoms with E-state index in [0.29, 0.717) is 11.3 Å². The first-order valence-corrected chi connectivity index (χ1v) is 9.01. The van der Waals surface area contributed by atoms with Crippen LogP contribution in [0.1, 0.15) is 28.9 Å². The summed E-state index contributed by atoms with van der Waals surface area (Å²) in [4.78, 5) is 25.2. The molecule has 0 heterocycles. The number of nitrogens with one attached hydrogen (secondary N) is 1. The first-order valence-electron chi connectivity index (χ1n) is 7.78. The summed E-state index contributed by atoms with van der Waals surface area (Å²) >= 11 is 1.55. The van der Waals surface area contributed by atoms with Gasteiger partial charge in [0.25, 0.3) is 5.91 Å². The van der Waals surface area contributed by atoms with Crippen molar-refractivity contribution in [1.82, 2.24) is 5.32 Å². The van der Waals surface area contributed by atoms with Gasteiger partial charge in [0.05, 0.1) is 13.2 Å². The molecule has 1 unspecified atom stereocenters. The fourth-order valence-electron chi connectivity index (χ4n) is 2.28. The third-order valence-corrected chi connectivity index (χ3v) is 4.37. The van der Waals surface area contributed by atoms with E-state index < -0.39 is 5.97 Å². The van der Waals surface area contributed by atoms with Crippen molar-refractivity contribution < 1.29 is 19.1 Å². The lowest BCUT2D eigenvalue weighted by Crippen LogP contribution is -2.31. The van der Waals surface area contributed by atoms with Crippen molar-refractivity contribution in [2.24, 2.45) is 0 Å². The summed E-state index contributed by atoms with van der Waals surface area (Å²) in [7, 11) is 1.49. The molecule has 6 heteroatoms. The Hall–Kier alpha value is -2.47. The second-order valence-electron chi connectivity index (χ2n) is 5.34. The number of thioether (sulfide) groups is 1. The van der Waals surface area contributed by atoms with Crippen molar-refractivity contribution >= 4 is 23.6 Å². The van der Waals surface area contributed by atoms with Gasteiger partial charge in [0.15, 0.2) is 6.61 Å². The summed E-state index contributed by atoms with van der Waals surface area (Å²) < 4.78 is 10.3. The van der Waals surface area contributed by atoms with E-state index in [1.165, 1.54) is 7.11 Å². The van der Waals surface area contributed by atoms with Crippen molar-refractivity contribution in [3.05, 3.63) is 59.7 Å². The van der Waals surface area contributed by atoms with Crippen LogP contribution < -0.4 is 10.1 Å². The lowest BCUT2D eigenvalue weighted by molar-refractivity contribution is -0.124. The van der Waals surface area contributed by atoms with E-state index in [2.05, 4.69) is 5.32 Å².